The zero-order chi connectivity index (χ0) is 20.4. The fraction of sp³-hybridized carbons (Fsp3) is 0.0952. The van der Waals surface area contributed by atoms with Gasteiger partial charge in [0.25, 0.3) is 11.5 Å². The molecule has 2 heterocycles. The number of carbonyl (C=O) groups is 1. The third-order valence-electron chi connectivity index (χ3n) is 4.13. The molecule has 1 amide bonds. The van der Waals surface area contributed by atoms with E-state index in [1.54, 1.807) is 55.5 Å². The third-order valence-corrected chi connectivity index (χ3v) is 4.36. The number of hydrogen-bond acceptors (Lipinski definition) is 5. The van der Waals surface area contributed by atoms with Crippen LogP contribution < -0.4 is 15.6 Å². The van der Waals surface area contributed by atoms with Gasteiger partial charge in [-0.25, -0.2) is 4.98 Å². The Morgan fingerprint density at radius 3 is 2.76 bits per heavy atom. The molecule has 146 valence electrons. The lowest BCUT2D eigenvalue weighted by Gasteiger charge is -2.13. The molecule has 4 aromatic rings. The van der Waals surface area contributed by atoms with Crippen molar-refractivity contribution in [1.29, 1.82) is 0 Å². The Morgan fingerprint density at radius 1 is 1.17 bits per heavy atom. The molecule has 1 N–H and O–H groups in total. The van der Waals surface area contributed by atoms with Crippen LogP contribution in [-0.2, 0) is 6.61 Å². The lowest BCUT2D eigenvalue weighted by molar-refractivity contribution is 0.102. The van der Waals surface area contributed by atoms with Gasteiger partial charge in [0.05, 0.1) is 11.4 Å². The first-order valence-electron chi connectivity index (χ1n) is 8.78. The molecule has 0 spiro atoms. The normalized spacial score (nSPS) is 10.8. The topological polar surface area (TPSA) is 85.8 Å². The zero-order valence-corrected chi connectivity index (χ0v) is 16.1. The van der Waals surface area contributed by atoms with Crippen LogP contribution in [0, 0.1) is 6.92 Å². The second-order valence-corrected chi connectivity index (χ2v) is 6.77. The highest BCUT2D eigenvalue weighted by Gasteiger charge is 2.12. The summed E-state index contributed by atoms with van der Waals surface area (Å²) in [6.45, 7) is 1.77. The van der Waals surface area contributed by atoms with Gasteiger partial charge in [0, 0.05) is 22.7 Å². The van der Waals surface area contributed by atoms with E-state index >= 15 is 0 Å². The molecular weight excluding hydrogens is 394 g/mol. The first kappa shape index (κ1) is 18.8. The van der Waals surface area contributed by atoms with Crippen molar-refractivity contribution in [3.8, 4) is 5.75 Å². The summed E-state index contributed by atoms with van der Waals surface area (Å²) in [6.07, 6.45) is 0. The first-order valence-corrected chi connectivity index (χ1v) is 9.16. The SMILES string of the molecule is Cc1cc2nc(COc3ccc(Cl)cc3NC(=O)c3ccccc3)cc(=O)n2o1. The number of halogens is 1. The van der Waals surface area contributed by atoms with Crippen LogP contribution in [0.3, 0.4) is 0 Å². The summed E-state index contributed by atoms with van der Waals surface area (Å²) in [5.74, 6) is 0.699. The molecule has 8 heteroatoms. The summed E-state index contributed by atoms with van der Waals surface area (Å²) in [4.78, 5) is 29.0. The van der Waals surface area contributed by atoms with E-state index < -0.39 is 0 Å². The molecule has 0 radical (unpaired) electrons. The van der Waals surface area contributed by atoms with Gasteiger partial charge in [-0.2, -0.15) is 0 Å². The highest BCUT2D eigenvalue weighted by atomic mass is 35.5. The Balaban J connectivity index is 1.56. The number of carbonyl (C=O) groups excluding carboxylic acids is 1. The summed E-state index contributed by atoms with van der Waals surface area (Å²) in [6, 6.07) is 16.7. The molecule has 0 aliphatic carbocycles. The zero-order valence-electron chi connectivity index (χ0n) is 15.4. The van der Waals surface area contributed by atoms with E-state index in [0.717, 1.165) is 4.57 Å². The first-order chi connectivity index (χ1) is 14.0. The summed E-state index contributed by atoms with van der Waals surface area (Å²) in [7, 11) is 0. The molecule has 29 heavy (non-hydrogen) atoms. The number of nitrogens with zero attached hydrogens (tertiary/aromatic N) is 2. The quantitative estimate of drug-likeness (QED) is 0.536. The van der Waals surface area contributed by atoms with Gasteiger partial charge in [-0.05, 0) is 37.3 Å². The van der Waals surface area contributed by atoms with E-state index in [1.165, 1.54) is 6.07 Å². The van der Waals surface area contributed by atoms with Gasteiger partial charge >= 0.3 is 0 Å². The van der Waals surface area contributed by atoms with Gasteiger partial charge in [-0.3, -0.25) is 9.59 Å². The van der Waals surface area contributed by atoms with Gasteiger partial charge in [-0.1, -0.05) is 29.8 Å². The van der Waals surface area contributed by atoms with Crippen molar-refractivity contribution < 1.29 is 14.1 Å². The molecule has 0 fully saturated rings. The predicted octanol–water partition coefficient (Wildman–Crippen LogP) is 4.08. The number of hydrogen-bond donors (Lipinski definition) is 1. The van der Waals surface area contributed by atoms with Crippen LogP contribution in [0.5, 0.6) is 5.75 Å². The van der Waals surface area contributed by atoms with Crippen LogP contribution in [0.2, 0.25) is 5.02 Å². The highest BCUT2D eigenvalue weighted by molar-refractivity contribution is 6.31. The van der Waals surface area contributed by atoms with E-state index in [-0.39, 0.29) is 18.1 Å². The minimum absolute atomic E-state index is 0.0335. The van der Waals surface area contributed by atoms with Crippen LogP contribution in [0.1, 0.15) is 21.8 Å². The average Bonchev–Trinajstić information content (AvgIpc) is 3.09. The molecule has 7 nitrogen and oxygen atoms in total. The largest absolute Gasteiger partial charge is 0.485 e. The number of aryl methyl sites for hydroxylation is 1. The fourth-order valence-corrected chi connectivity index (χ4v) is 2.98. The van der Waals surface area contributed by atoms with E-state index in [4.69, 9.17) is 20.9 Å². The maximum absolute atomic E-state index is 12.5. The Labute approximate surface area is 170 Å². The van der Waals surface area contributed by atoms with Gasteiger partial charge in [0.1, 0.15) is 18.1 Å². The summed E-state index contributed by atoms with van der Waals surface area (Å²) < 4.78 is 12.2. The number of rotatable bonds is 5. The van der Waals surface area contributed by atoms with Crippen LogP contribution in [0.15, 0.2) is 70.0 Å². The third kappa shape index (κ3) is 4.14. The molecule has 0 aliphatic heterocycles. The number of aromatic nitrogens is 2. The van der Waals surface area contributed by atoms with Crippen molar-refractivity contribution in [2.45, 2.75) is 13.5 Å². The number of fused-ring (bicyclic) bond motifs is 1. The Morgan fingerprint density at radius 2 is 1.97 bits per heavy atom. The Kier molecular flexibility index (Phi) is 5.05. The van der Waals surface area contributed by atoms with Gasteiger partial charge in [0.15, 0.2) is 5.65 Å². The van der Waals surface area contributed by atoms with E-state index in [9.17, 15) is 9.59 Å². The summed E-state index contributed by atoms with van der Waals surface area (Å²) >= 11 is 6.08. The molecular formula is C21H16ClN3O4. The van der Waals surface area contributed by atoms with Crippen LogP contribution >= 0.6 is 11.6 Å². The minimum Gasteiger partial charge on any atom is -0.485 e. The molecule has 0 unspecified atom stereocenters. The van der Waals surface area contributed by atoms with Crippen molar-refractivity contribution in [1.82, 2.24) is 9.56 Å². The maximum Gasteiger partial charge on any atom is 0.287 e. The Hall–Kier alpha value is -3.58. The lowest BCUT2D eigenvalue weighted by Crippen LogP contribution is -2.15. The minimum atomic E-state index is -0.338. The van der Waals surface area contributed by atoms with E-state index in [0.29, 0.717) is 39.1 Å². The molecule has 2 aromatic carbocycles. The van der Waals surface area contributed by atoms with E-state index in [2.05, 4.69) is 10.3 Å². The standard InChI is InChI=1S/C21H16ClN3O4/c1-13-9-19-23-16(11-20(26)25(19)29-13)12-28-18-8-7-15(22)10-17(18)24-21(27)14-5-3-2-4-6-14/h2-11H,12H2,1H3,(H,24,27). The number of ether oxygens (including phenoxy) is 1. The average molecular weight is 410 g/mol. The molecule has 4 rings (SSSR count). The van der Waals surface area contributed by atoms with Crippen molar-refractivity contribution in [2.24, 2.45) is 0 Å². The smallest absolute Gasteiger partial charge is 0.287 e. The number of nitrogens with one attached hydrogen (secondary N) is 1. The molecule has 0 atom stereocenters. The van der Waals surface area contributed by atoms with Crippen molar-refractivity contribution in [3.63, 3.8) is 0 Å². The Bertz CT molecular complexity index is 1250. The number of anilines is 1. The van der Waals surface area contributed by atoms with Gasteiger partial charge in [-0.15, -0.1) is 4.57 Å². The number of benzene rings is 2. The van der Waals surface area contributed by atoms with Crippen LogP contribution in [-0.4, -0.2) is 15.5 Å². The highest BCUT2D eigenvalue weighted by Crippen LogP contribution is 2.29. The lowest BCUT2D eigenvalue weighted by atomic mass is 10.2. The van der Waals surface area contributed by atoms with Crippen LogP contribution in [0.25, 0.3) is 5.65 Å². The second-order valence-electron chi connectivity index (χ2n) is 6.33. The molecule has 0 saturated heterocycles. The van der Waals surface area contributed by atoms with E-state index in [1.807, 2.05) is 6.07 Å². The molecule has 0 aliphatic rings. The monoisotopic (exact) mass is 409 g/mol. The summed E-state index contributed by atoms with van der Waals surface area (Å²) in [5.41, 5.74) is 1.43. The second kappa shape index (κ2) is 7.81. The van der Waals surface area contributed by atoms with Crippen molar-refractivity contribution >= 4 is 28.8 Å². The van der Waals surface area contributed by atoms with Crippen molar-refractivity contribution in [2.75, 3.05) is 5.32 Å². The van der Waals surface area contributed by atoms with Crippen molar-refractivity contribution in [3.05, 3.63) is 93.1 Å². The summed E-state index contributed by atoms with van der Waals surface area (Å²) in [5, 5.41) is 3.25. The maximum atomic E-state index is 12.5. The molecule has 0 saturated carbocycles. The van der Waals surface area contributed by atoms with Gasteiger partial charge in [0.2, 0.25) is 0 Å². The fourth-order valence-electron chi connectivity index (χ4n) is 2.81. The number of amides is 1. The van der Waals surface area contributed by atoms with Gasteiger partial charge < -0.3 is 14.6 Å². The van der Waals surface area contributed by atoms with Crippen LogP contribution in [0.4, 0.5) is 5.69 Å². The predicted molar refractivity (Wildman–Crippen MR) is 109 cm³/mol. The molecule has 2 aromatic heterocycles. The molecule has 0 bridgehead atoms.